The van der Waals surface area contributed by atoms with Gasteiger partial charge in [0.25, 0.3) is 0 Å². The molecule has 1 radical (unpaired) electrons. The van der Waals surface area contributed by atoms with Gasteiger partial charge in [0.1, 0.15) is 0 Å². The summed E-state index contributed by atoms with van der Waals surface area (Å²) >= 11 is 0. The predicted molar refractivity (Wildman–Crippen MR) is 47.5 cm³/mol. The molecule has 0 heterocycles. The maximum atomic E-state index is 5.39. The lowest BCUT2D eigenvalue weighted by molar-refractivity contribution is 0.264. The molecule has 0 amide bonds. The zero-order valence-electron chi connectivity index (χ0n) is 7.59. The quantitative estimate of drug-likeness (QED) is 0.611. The summed E-state index contributed by atoms with van der Waals surface area (Å²) in [6.45, 7) is 2.91. The van der Waals surface area contributed by atoms with Crippen LogP contribution in [0.2, 0.25) is 5.54 Å². The second-order valence-corrected chi connectivity index (χ2v) is 5.00. The van der Waals surface area contributed by atoms with E-state index in [4.69, 9.17) is 14.6 Å². The van der Waals surface area contributed by atoms with E-state index in [0.717, 1.165) is 19.4 Å². The first-order valence-corrected chi connectivity index (χ1v) is 5.30. The van der Waals surface area contributed by atoms with E-state index in [9.17, 15) is 0 Å². The van der Waals surface area contributed by atoms with Crippen molar-refractivity contribution in [2.75, 3.05) is 20.8 Å². The summed E-state index contributed by atoms with van der Waals surface area (Å²) in [6, 6.07) is 0. The summed E-state index contributed by atoms with van der Waals surface area (Å²) in [7, 11) is 2.38. The van der Waals surface area contributed by atoms with Crippen molar-refractivity contribution in [3.8, 4) is 0 Å². The van der Waals surface area contributed by atoms with Gasteiger partial charge in [-0.05, 0) is 19.4 Å². The fourth-order valence-electron chi connectivity index (χ4n) is 1.03. The van der Waals surface area contributed by atoms with E-state index in [0.29, 0.717) is 5.54 Å². The molecule has 0 aromatic carbocycles. The molecule has 0 aromatic heterocycles. The molecule has 0 saturated carbocycles. The van der Waals surface area contributed by atoms with Gasteiger partial charge in [0.15, 0.2) is 0 Å². The molecule has 2 N–H and O–H groups in total. The standard InChI is InChI=1S/C7H18NO2Si/c1-7(5-4-6-8)11(9-2)10-3/h7H,4-6,8H2,1-3H3. The first-order chi connectivity index (χ1) is 5.26. The summed E-state index contributed by atoms with van der Waals surface area (Å²) in [5.74, 6) is 0. The minimum Gasteiger partial charge on any atom is -0.397 e. The van der Waals surface area contributed by atoms with Gasteiger partial charge in [0, 0.05) is 19.8 Å². The van der Waals surface area contributed by atoms with E-state index < -0.39 is 9.28 Å². The zero-order chi connectivity index (χ0) is 8.69. The topological polar surface area (TPSA) is 44.5 Å². The molecule has 0 saturated heterocycles. The van der Waals surface area contributed by atoms with E-state index in [1.807, 2.05) is 0 Å². The van der Waals surface area contributed by atoms with Crippen LogP contribution in [0.25, 0.3) is 0 Å². The molecule has 0 bridgehead atoms. The highest BCUT2D eigenvalue weighted by Crippen LogP contribution is 2.16. The number of rotatable bonds is 6. The summed E-state index contributed by atoms with van der Waals surface area (Å²) < 4.78 is 10.4. The highest BCUT2D eigenvalue weighted by Gasteiger charge is 2.20. The Kier molecular flexibility index (Phi) is 6.85. The highest BCUT2D eigenvalue weighted by molar-refractivity contribution is 6.46. The summed E-state index contributed by atoms with van der Waals surface area (Å²) in [4.78, 5) is 0. The van der Waals surface area contributed by atoms with E-state index >= 15 is 0 Å². The van der Waals surface area contributed by atoms with E-state index in [2.05, 4.69) is 6.92 Å². The van der Waals surface area contributed by atoms with Crippen LogP contribution in [-0.4, -0.2) is 30.0 Å². The number of nitrogens with two attached hydrogens (primary N) is 1. The Labute approximate surface area is 70.7 Å². The van der Waals surface area contributed by atoms with Gasteiger partial charge in [-0.3, -0.25) is 0 Å². The van der Waals surface area contributed by atoms with Crippen LogP contribution < -0.4 is 5.73 Å². The average Bonchev–Trinajstić information content (AvgIpc) is 2.03. The van der Waals surface area contributed by atoms with Gasteiger partial charge in [-0.1, -0.05) is 6.92 Å². The Morgan fingerprint density at radius 3 is 2.27 bits per heavy atom. The minimum absolute atomic E-state index is 0.526. The van der Waals surface area contributed by atoms with Crippen molar-refractivity contribution in [2.45, 2.75) is 25.3 Å². The Hall–Kier alpha value is 0.0969. The Morgan fingerprint density at radius 2 is 1.91 bits per heavy atom. The Balaban J connectivity index is 3.51. The van der Waals surface area contributed by atoms with Crippen molar-refractivity contribution < 1.29 is 8.85 Å². The van der Waals surface area contributed by atoms with Gasteiger partial charge < -0.3 is 14.6 Å². The van der Waals surface area contributed by atoms with E-state index in [1.165, 1.54) is 0 Å². The number of hydrogen-bond acceptors (Lipinski definition) is 3. The molecule has 11 heavy (non-hydrogen) atoms. The molecule has 1 atom stereocenters. The van der Waals surface area contributed by atoms with Crippen LogP contribution in [0.1, 0.15) is 19.8 Å². The summed E-state index contributed by atoms with van der Waals surface area (Å²) in [5.41, 5.74) is 5.92. The van der Waals surface area contributed by atoms with Crippen LogP contribution in [0.5, 0.6) is 0 Å². The van der Waals surface area contributed by atoms with Gasteiger partial charge in [0.2, 0.25) is 0 Å². The van der Waals surface area contributed by atoms with Crippen LogP contribution in [0.3, 0.4) is 0 Å². The second kappa shape index (κ2) is 6.79. The molecule has 67 valence electrons. The lowest BCUT2D eigenvalue weighted by Crippen LogP contribution is -2.24. The maximum Gasteiger partial charge on any atom is 0.387 e. The normalized spacial score (nSPS) is 13.9. The van der Waals surface area contributed by atoms with Gasteiger partial charge in [-0.25, -0.2) is 0 Å². The molecular weight excluding hydrogens is 158 g/mol. The van der Waals surface area contributed by atoms with Crippen LogP contribution in [-0.2, 0) is 8.85 Å². The third kappa shape index (κ3) is 4.52. The molecule has 0 aromatic rings. The van der Waals surface area contributed by atoms with Crippen LogP contribution in [0.4, 0.5) is 0 Å². The molecule has 0 spiro atoms. The monoisotopic (exact) mass is 176 g/mol. The lowest BCUT2D eigenvalue weighted by Gasteiger charge is -2.16. The van der Waals surface area contributed by atoms with Gasteiger partial charge in [-0.15, -0.1) is 0 Å². The summed E-state index contributed by atoms with van der Waals surface area (Å²) in [5, 5.41) is 0. The molecule has 0 aliphatic heterocycles. The first kappa shape index (κ1) is 11.1. The molecular formula is C7H18NO2Si. The molecule has 1 unspecified atom stereocenters. The predicted octanol–water partition coefficient (Wildman–Crippen LogP) is 0.896. The van der Waals surface area contributed by atoms with E-state index in [1.54, 1.807) is 14.2 Å². The van der Waals surface area contributed by atoms with Crippen molar-refractivity contribution in [1.29, 1.82) is 0 Å². The lowest BCUT2D eigenvalue weighted by atomic mass is 10.2. The summed E-state index contributed by atoms with van der Waals surface area (Å²) in [6.07, 6.45) is 2.16. The second-order valence-electron chi connectivity index (χ2n) is 2.56. The average molecular weight is 176 g/mol. The molecule has 0 aliphatic carbocycles. The van der Waals surface area contributed by atoms with Crippen molar-refractivity contribution in [3.63, 3.8) is 0 Å². The van der Waals surface area contributed by atoms with Gasteiger partial charge in [0.05, 0.1) is 0 Å². The number of hydrogen-bond donors (Lipinski definition) is 1. The fourth-order valence-corrected chi connectivity index (χ4v) is 2.44. The first-order valence-electron chi connectivity index (χ1n) is 3.91. The molecule has 0 fully saturated rings. The molecule has 4 heteroatoms. The fraction of sp³-hybridized carbons (Fsp3) is 1.00. The van der Waals surface area contributed by atoms with E-state index in [-0.39, 0.29) is 0 Å². The van der Waals surface area contributed by atoms with Crippen molar-refractivity contribution in [2.24, 2.45) is 5.73 Å². The molecule has 0 rings (SSSR count). The third-order valence-electron chi connectivity index (χ3n) is 1.65. The highest BCUT2D eigenvalue weighted by atomic mass is 28.3. The largest absolute Gasteiger partial charge is 0.397 e. The minimum atomic E-state index is -1.03. The third-order valence-corrected chi connectivity index (χ3v) is 3.54. The van der Waals surface area contributed by atoms with Gasteiger partial charge >= 0.3 is 9.28 Å². The van der Waals surface area contributed by atoms with Crippen molar-refractivity contribution in [3.05, 3.63) is 0 Å². The van der Waals surface area contributed by atoms with Gasteiger partial charge in [-0.2, -0.15) is 0 Å². The smallest absolute Gasteiger partial charge is 0.387 e. The van der Waals surface area contributed by atoms with Crippen molar-refractivity contribution >= 4 is 9.28 Å². The SMILES string of the molecule is CO[Si](OC)C(C)CCCN. The Bertz CT molecular complexity index is 88.5. The zero-order valence-corrected chi connectivity index (χ0v) is 8.59. The maximum absolute atomic E-state index is 5.39. The van der Waals surface area contributed by atoms with Crippen LogP contribution in [0, 0.1) is 0 Å². The molecule has 3 nitrogen and oxygen atoms in total. The van der Waals surface area contributed by atoms with Crippen molar-refractivity contribution in [1.82, 2.24) is 0 Å². The molecule has 0 aliphatic rings. The Morgan fingerprint density at radius 1 is 1.36 bits per heavy atom. The van der Waals surface area contributed by atoms with Crippen LogP contribution in [0.15, 0.2) is 0 Å². The van der Waals surface area contributed by atoms with Crippen LogP contribution >= 0.6 is 0 Å².